The number of benzene rings is 1. The summed E-state index contributed by atoms with van der Waals surface area (Å²) in [6.07, 6.45) is 4.69. The summed E-state index contributed by atoms with van der Waals surface area (Å²) >= 11 is 0. The molecule has 0 bridgehead atoms. The van der Waals surface area contributed by atoms with Gasteiger partial charge < -0.3 is 14.6 Å². The normalized spacial score (nSPS) is 14.3. The number of imide groups is 1. The smallest absolute Gasteiger partial charge is 0.326 e. The molecule has 0 unspecified atom stereocenters. The predicted octanol–water partition coefficient (Wildman–Crippen LogP) is 1.91. The molecule has 2 N–H and O–H groups in total. The highest BCUT2D eigenvalue weighted by Gasteiger charge is 2.19. The Morgan fingerprint density at radius 3 is 2.70 bits per heavy atom. The fourth-order valence-electron chi connectivity index (χ4n) is 3.35. The van der Waals surface area contributed by atoms with Crippen molar-refractivity contribution in [1.82, 2.24) is 20.2 Å². The molecule has 1 aliphatic carbocycles. The average Bonchev–Trinajstić information content (AvgIpc) is 3.28. The first-order valence-electron chi connectivity index (χ1n) is 9.27. The quantitative estimate of drug-likeness (QED) is 0.754. The minimum atomic E-state index is -0.648. The summed E-state index contributed by atoms with van der Waals surface area (Å²) in [7, 11) is 0. The number of carbonyl (C=O) groups is 3. The van der Waals surface area contributed by atoms with Gasteiger partial charge in [0.25, 0.3) is 5.91 Å². The van der Waals surface area contributed by atoms with Crippen LogP contribution in [0.3, 0.4) is 0 Å². The van der Waals surface area contributed by atoms with Crippen molar-refractivity contribution in [3.05, 3.63) is 30.1 Å². The number of esters is 1. The Labute approximate surface area is 157 Å². The number of aryl methyl sites for hydroxylation is 1. The molecular weight excluding hydrogens is 348 g/mol. The summed E-state index contributed by atoms with van der Waals surface area (Å²) in [5.41, 5.74) is 1.65. The number of ether oxygens (including phenoxy) is 1. The second kappa shape index (κ2) is 8.66. The van der Waals surface area contributed by atoms with Crippen LogP contribution in [0.25, 0.3) is 11.0 Å². The lowest BCUT2D eigenvalue weighted by molar-refractivity contribution is -0.148. The van der Waals surface area contributed by atoms with Gasteiger partial charge in [0.2, 0.25) is 0 Å². The number of nitrogens with zero attached hydrogens (tertiary/aromatic N) is 2. The van der Waals surface area contributed by atoms with Gasteiger partial charge in [0.15, 0.2) is 6.61 Å². The van der Waals surface area contributed by atoms with E-state index in [-0.39, 0.29) is 12.6 Å². The third kappa shape index (κ3) is 4.84. The molecule has 1 aliphatic rings. The number of hydrogen-bond donors (Lipinski definition) is 2. The molecule has 8 nitrogen and oxygen atoms in total. The van der Waals surface area contributed by atoms with E-state index in [1.54, 1.807) is 4.57 Å². The van der Waals surface area contributed by atoms with Crippen molar-refractivity contribution in [2.75, 3.05) is 6.61 Å². The summed E-state index contributed by atoms with van der Waals surface area (Å²) in [5, 5.41) is 4.93. The maximum atomic E-state index is 12.1. The van der Waals surface area contributed by atoms with Crippen LogP contribution in [0.15, 0.2) is 24.3 Å². The summed E-state index contributed by atoms with van der Waals surface area (Å²) in [6, 6.07) is 7.10. The lowest BCUT2D eigenvalue weighted by atomic mass is 10.2. The lowest BCUT2D eigenvalue weighted by Gasteiger charge is -2.12. The van der Waals surface area contributed by atoms with E-state index in [4.69, 9.17) is 4.74 Å². The number of urea groups is 1. The Balaban J connectivity index is 1.49. The van der Waals surface area contributed by atoms with Crippen LogP contribution >= 0.6 is 0 Å². The fourth-order valence-corrected chi connectivity index (χ4v) is 3.35. The van der Waals surface area contributed by atoms with Crippen LogP contribution in [-0.4, -0.2) is 40.1 Å². The van der Waals surface area contributed by atoms with Crippen molar-refractivity contribution in [2.24, 2.45) is 0 Å². The topological polar surface area (TPSA) is 102 Å². The van der Waals surface area contributed by atoms with Crippen LogP contribution < -0.4 is 10.6 Å². The molecule has 2 aromatic rings. The summed E-state index contributed by atoms with van der Waals surface area (Å²) < 4.78 is 6.80. The average molecular weight is 372 g/mol. The maximum Gasteiger partial charge on any atom is 0.326 e. The van der Waals surface area contributed by atoms with Crippen LogP contribution in [0.4, 0.5) is 4.79 Å². The Morgan fingerprint density at radius 2 is 1.96 bits per heavy atom. The zero-order valence-corrected chi connectivity index (χ0v) is 15.4. The number of aromatic nitrogens is 2. The predicted molar refractivity (Wildman–Crippen MR) is 99.0 cm³/mol. The van der Waals surface area contributed by atoms with E-state index in [0.29, 0.717) is 6.42 Å². The summed E-state index contributed by atoms with van der Waals surface area (Å²) in [6.45, 7) is 1.43. The van der Waals surface area contributed by atoms with E-state index in [0.717, 1.165) is 42.5 Å². The van der Waals surface area contributed by atoms with Gasteiger partial charge in [-0.3, -0.25) is 14.9 Å². The Bertz CT molecular complexity index is 839. The van der Waals surface area contributed by atoms with Gasteiger partial charge in [-0.05, 0) is 25.0 Å². The molecule has 1 aromatic heterocycles. The first-order chi connectivity index (χ1) is 13.1. The van der Waals surface area contributed by atoms with E-state index in [1.807, 2.05) is 31.2 Å². The minimum absolute atomic E-state index is 0.0365. The first-order valence-corrected chi connectivity index (χ1v) is 9.27. The van der Waals surface area contributed by atoms with E-state index in [9.17, 15) is 14.4 Å². The third-order valence-corrected chi connectivity index (χ3v) is 4.64. The second-order valence-corrected chi connectivity index (χ2v) is 6.62. The zero-order valence-electron chi connectivity index (χ0n) is 15.4. The van der Waals surface area contributed by atoms with Crippen molar-refractivity contribution in [3.8, 4) is 0 Å². The van der Waals surface area contributed by atoms with Gasteiger partial charge in [0.05, 0.1) is 11.0 Å². The standard InChI is InChI=1S/C19H24N4O4/c1-2-16-21-14-9-5-6-10-15(14)23(16)11-18(25)27-12-17(24)22-19(26)20-13-7-3-4-8-13/h5-6,9-10,13H,2-4,7-8,11-12H2,1H3,(H2,20,22,24,26). The molecule has 0 atom stereocenters. The van der Waals surface area contributed by atoms with Crippen LogP contribution in [-0.2, 0) is 27.3 Å². The van der Waals surface area contributed by atoms with Crippen molar-refractivity contribution in [3.63, 3.8) is 0 Å². The largest absolute Gasteiger partial charge is 0.454 e. The molecule has 1 aromatic carbocycles. The molecule has 0 saturated heterocycles. The molecule has 1 saturated carbocycles. The minimum Gasteiger partial charge on any atom is -0.454 e. The Morgan fingerprint density at radius 1 is 1.22 bits per heavy atom. The van der Waals surface area contributed by atoms with Gasteiger partial charge in [-0.2, -0.15) is 0 Å². The summed E-state index contributed by atoms with van der Waals surface area (Å²) in [5.74, 6) is -0.433. The van der Waals surface area contributed by atoms with E-state index in [2.05, 4.69) is 15.6 Å². The van der Waals surface area contributed by atoms with E-state index < -0.39 is 24.5 Å². The highest BCUT2D eigenvalue weighted by molar-refractivity contribution is 5.95. The van der Waals surface area contributed by atoms with Crippen LogP contribution in [0, 0.1) is 0 Å². The molecule has 3 amide bonds. The number of rotatable bonds is 6. The number of fused-ring (bicyclic) bond motifs is 1. The van der Waals surface area contributed by atoms with Gasteiger partial charge in [-0.1, -0.05) is 31.9 Å². The van der Waals surface area contributed by atoms with Gasteiger partial charge in [0, 0.05) is 12.5 Å². The molecule has 27 heavy (non-hydrogen) atoms. The monoisotopic (exact) mass is 372 g/mol. The SMILES string of the molecule is CCc1nc2ccccc2n1CC(=O)OCC(=O)NC(=O)NC1CCCC1. The van der Waals surface area contributed by atoms with Crippen molar-refractivity contribution in [1.29, 1.82) is 0 Å². The second-order valence-electron chi connectivity index (χ2n) is 6.62. The number of amides is 3. The Kier molecular flexibility index (Phi) is 6.05. The first kappa shape index (κ1) is 18.9. The van der Waals surface area contributed by atoms with Crippen molar-refractivity contribution >= 4 is 28.9 Å². The number of nitrogens with one attached hydrogen (secondary N) is 2. The van der Waals surface area contributed by atoms with Gasteiger partial charge in [-0.15, -0.1) is 0 Å². The van der Waals surface area contributed by atoms with Gasteiger partial charge in [0.1, 0.15) is 12.4 Å². The highest BCUT2D eigenvalue weighted by Crippen LogP contribution is 2.17. The lowest BCUT2D eigenvalue weighted by Crippen LogP contribution is -2.45. The number of carbonyl (C=O) groups excluding carboxylic acids is 3. The van der Waals surface area contributed by atoms with Gasteiger partial charge in [-0.25, -0.2) is 9.78 Å². The molecule has 0 spiro atoms. The molecule has 144 valence electrons. The van der Waals surface area contributed by atoms with Crippen LogP contribution in [0.2, 0.25) is 0 Å². The van der Waals surface area contributed by atoms with E-state index in [1.165, 1.54) is 0 Å². The summed E-state index contributed by atoms with van der Waals surface area (Å²) in [4.78, 5) is 40.2. The molecule has 1 fully saturated rings. The van der Waals surface area contributed by atoms with E-state index >= 15 is 0 Å². The van der Waals surface area contributed by atoms with Gasteiger partial charge >= 0.3 is 12.0 Å². The van der Waals surface area contributed by atoms with Crippen LogP contribution in [0.5, 0.6) is 0 Å². The molecule has 0 radical (unpaired) electrons. The molecule has 8 heteroatoms. The highest BCUT2D eigenvalue weighted by atomic mass is 16.5. The zero-order chi connectivity index (χ0) is 19.2. The molecule has 0 aliphatic heterocycles. The maximum absolute atomic E-state index is 12.1. The molecule has 1 heterocycles. The number of para-hydroxylation sites is 2. The van der Waals surface area contributed by atoms with Crippen molar-refractivity contribution in [2.45, 2.75) is 51.6 Å². The number of imidazole rings is 1. The van der Waals surface area contributed by atoms with Crippen LogP contribution in [0.1, 0.15) is 38.4 Å². The Hall–Kier alpha value is -2.90. The fraction of sp³-hybridized carbons (Fsp3) is 0.474. The van der Waals surface area contributed by atoms with Crippen molar-refractivity contribution < 1.29 is 19.1 Å². The molecular formula is C19H24N4O4. The third-order valence-electron chi connectivity index (χ3n) is 4.64. The molecule has 3 rings (SSSR count). The number of hydrogen-bond acceptors (Lipinski definition) is 5.